The summed E-state index contributed by atoms with van der Waals surface area (Å²) in [7, 11) is 0. The van der Waals surface area contributed by atoms with Gasteiger partial charge in [0.25, 0.3) is 0 Å². The molecule has 1 aliphatic carbocycles. The molecule has 3 atom stereocenters. The minimum Gasteiger partial charge on any atom is -0.426 e. The molecular weight excluding hydrogens is 488 g/mol. The van der Waals surface area contributed by atoms with Crippen LogP contribution in [-0.4, -0.2) is 30.2 Å². The summed E-state index contributed by atoms with van der Waals surface area (Å²) in [5, 5.41) is 0. The lowest BCUT2D eigenvalue weighted by Gasteiger charge is -2.19. The molecule has 8 heteroatoms. The molecule has 33 heavy (non-hydrogen) atoms. The van der Waals surface area contributed by atoms with E-state index in [0.717, 1.165) is 35.8 Å². The average molecular weight is 511 g/mol. The summed E-state index contributed by atoms with van der Waals surface area (Å²) in [4.78, 5) is 53.8. The van der Waals surface area contributed by atoms with E-state index in [4.69, 9.17) is 4.74 Å². The van der Waals surface area contributed by atoms with Crippen LogP contribution in [0.1, 0.15) is 32.1 Å². The van der Waals surface area contributed by atoms with Crippen LogP contribution in [0.5, 0.6) is 5.75 Å². The third-order valence-corrected chi connectivity index (χ3v) is 7.26. The molecule has 0 radical (unpaired) electrons. The molecule has 3 fully saturated rings. The van der Waals surface area contributed by atoms with Crippen molar-refractivity contribution in [2.24, 2.45) is 17.8 Å². The number of fused-ring (bicyclic) bond motifs is 1. The summed E-state index contributed by atoms with van der Waals surface area (Å²) in [6.45, 7) is 0.242. The Bertz CT molecular complexity index is 1110. The number of rotatable bonds is 4. The zero-order chi connectivity index (χ0) is 23.1. The molecule has 0 N–H and O–H groups in total. The van der Waals surface area contributed by atoms with Gasteiger partial charge in [-0.3, -0.25) is 19.2 Å². The number of imide groups is 1. The summed E-state index contributed by atoms with van der Waals surface area (Å²) >= 11 is 3.37. The van der Waals surface area contributed by atoms with Crippen LogP contribution in [0.15, 0.2) is 53.0 Å². The number of ether oxygens (including phenoxy) is 1. The predicted octanol–water partition coefficient (Wildman–Crippen LogP) is 4.09. The molecule has 2 aromatic carbocycles. The predicted molar refractivity (Wildman–Crippen MR) is 125 cm³/mol. The molecule has 3 aliphatic rings. The number of nitrogens with zero attached hydrogens (tertiary/aromatic N) is 2. The first kappa shape index (κ1) is 21.8. The smallest absolute Gasteiger partial charge is 0.316 e. The Hall–Kier alpha value is -3.00. The minimum atomic E-state index is -0.595. The molecule has 2 aliphatic heterocycles. The maximum absolute atomic E-state index is 12.9. The Morgan fingerprint density at radius 2 is 1.58 bits per heavy atom. The van der Waals surface area contributed by atoms with Gasteiger partial charge in [0.2, 0.25) is 17.7 Å². The third kappa shape index (κ3) is 4.08. The van der Waals surface area contributed by atoms with E-state index in [1.165, 1.54) is 4.90 Å². The van der Waals surface area contributed by atoms with Crippen molar-refractivity contribution in [3.63, 3.8) is 0 Å². The topological polar surface area (TPSA) is 84.0 Å². The van der Waals surface area contributed by atoms with Gasteiger partial charge in [0.1, 0.15) is 5.75 Å². The molecule has 2 heterocycles. The summed E-state index contributed by atoms with van der Waals surface area (Å²) in [5.41, 5.74) is 1.15. The van der Waals surface area contributed by atoms with Gasteiger partial charge in [0, 0.05) is 29.2 Å². The number of carbonyl (C=O) groups is 4. The molecule has 5 rings (SSSR count). The zero-order valence-electron chi connectivity index (χ0n) is 17.9. The first-order chi connectivity index (χ1) is 15.9. The van der Waals surface area contributed by atoms with Crippen molar-refractivity contribution in [2.75, 3.05) is 16.3 Å². The summed E-state index contributed by atoms with van der Waals surface area (Å²) < 4.78 is 6.47. The molecule has 1 saturated carbocycles. The number of anilines is 2. The molecule has 7 nitrogen and oxygen atoms in total. The average Bonchev–Trinajstić information content (AvgIpc) is 3.32. The van der Waals surface area contributed by atoms with Crippen molar-refractivity contribution < 1.29 is 23.9 Å². The Morgan fingerprint density at radius 1 is 0.909 bits per heavy atom. The Kier molecular flexibility index (Phi) is 5.78. The fourth-order valence-electron chi connectivity index (χ4n) is 5.04. The number of halogens is 1. The first-order valence-electron chi connectivity index (χ1n) is 11.2. The van der Waals surface area contributed by atoms with Crippen molar-refractivity contribution in [2.45, 2.75) is 32.1 Å². The van der Waals surface area contributed by atoms with E-state index >= 15 is 0 Å². The van der Waals surface area contributed by atoms with Gasteiger partial charge >= 0.3 is 5.97 Å². The lowest BCUT2D eigenvalue weighted by Crippen LogP contribution is -2.31. The number of hydrogen-bond donors (Lipinski definition) is 0. The molecule has 0 bridgehead atoms. The number of benzene rings is 2. The van der Waals surface area contributed by atoms with Gasteiger partial charge < -0.3 is 9.64 Å². The summed E-state index contributed by atoms with van der Waals surface area (Å²) in [5.74, 6) is -1.81. The fourth-order valence-corrected chi connectivity index (χ4v) is 5.30. The normalized spacial score (nSPS) is 24.9. The van der Waals surface area contributed by atoms with Crippen LogP contribution in [0.2, 0.25) is 0 Å². The fraction of sp³-hybridized carbons (Fsp3) is 0.360. The highest BCUT2D eigenvalue weighted by atomic mass is 79.9. The van der Waals surface area contributed by atoms with E-state index in [1.54, 1.807) is 29.2 Å². The van der Waals surface area contributed by atoms with Gasteiger partial charge in [-0.15, -0.1) is 0 Å². The van der Waals surface area contributed by atoms with Gasteiger partial charge in [-0.1, -0.05) is 34.8 Å². The Labute approximate surface area is 199 Å². The van der Waals surface area contributed by atoms with Crippen molar-refractivity contribution in [3.05, 3.63) is 53.0 Å². The minimum absolute atomic E-state index is 0.0705. The lowest BCUT2D eigenvalue weighted by molar-refractivity contribution is -0.139. The Morgan fingerprint density at radius 3 is 2.24 bits per heavy atom. The second-order valence-corrected chi connectivity index (χ2v) is 9.73. The monoisotopic (exact) mass is 510 g/mol. The van der Waals surface area contributed by atoms with Gasteiger partial charge in [-0.2, -0.15) is 0 Å². The molecule has 3 amide bonds. The lowest BCUT2D eigenvalue weighted by atomic mass is 9.81. The molecule has 2 saturated heterocycles. The van der Waals surface area contributed by atoms with Crippen LogP contribution < -0.4 is 14.5 Å². The van der Waals surface area contributed by atoms with E-state index in [0.29, 0.717) is 5.69 Å². The van der Waals surface area contributed by atoms with Crippen LogP contribution in [0, 0.1) is 17.8 Å². The van der Waals surface area contributed by atoms with Crippen molar-refractivity contribution >= 4 is 51.0 Å². The van der Waals surface area contributed by atoms with E-state index in [-0.39, 0.29) is 48.3 Å². The molecule has 0 spiro atoms. The highest BCUT2D eigenvalue weighted by Gasteiger charge is 2.48. The van der Waals surface area contributed by atoms with E-state index in [9.17, 15) is 19.2 Å². The van der Waals surface area contributed by atoms with Gasteiger partial charge in [0.15, 0.2) is 0 Å². The summed E-state index contributed by atoms with van der Waals surface area (Å²) in [6.07, 6.45) is 3.48. The van der Waals surface area contributed by atoms with Crippen LogP contribution >= 0.6 is 15.9 Å². The Balaban J connectivity index is 1.29. The molecule has 0 unspecified atom stereocenters. The van der Waals surface area contributed by atoms with Crippen LogP contribution in [0.4, 0.5) is 11.4 Å². The van der Waals surface area contributed by atoms with E-state index < -0.39 is 11.9 Å². The van der Waals surface area contributed by atoms with Crippen molar-refractivity contribution in [3.8, 4) is 5.75 Å². The molecular formula is C25H23BrN2O5. The van der Waals surface area contributed by atoms with Crippen LogP contribution in [0.25, 0.3) is 0 Å². The summed E-state index contributed by atoms with van der Waals surface area (Å²) in [6, 6.07) is 13.8. The number of amides is 3. The van der Waals surface area contributed by atoms with Crippen molar-refractivity contribution in [1.82, 2.24) is 0 Å². The van der Waals surface area contributed by atoms with E-state index in [2.05, 4.69) is 15.9 Å². The number of esters is 1. The third-order valence-electron chi connectivity index (χ3n) is 6.73. The molecule has 0 aromatic heterocycles. The van der Waals surface area contributed by atoms with Gasteiger partial charge in [-0.25, -0.2) is 4.90 Å². The molecule has 170 valence electrons. The van der Waals surface area contributed by atoms with E-state index in [1.807, 2.05) is 24.3 Å². The van der Waals surface area contributed by atoms with Crippen LogP contribution in [0.3, 0.4) is 0 Å². The highest BCUT2D eigenvalue weighted by Crippen LogP contribution is 2.40. The zero-order valence-corrected chi connectivity index (χ0v) is 19.5. The van der Waals surface area contributed by atoms with Gasteiger partial charge in [-0.05, 0) is 49.2 Å². The van der Waals surface area contributed by atoms with Gasteiger partial charge in [0.05, 0.1) is 23.4 Å². The number of hydrogen-bond acceptors (Lipinski definition) is 5. The number of carbonyl (C=O) groups excluding carboxylic acids is 4. The highest BCUT2D eigenvalue weighted by molar-refractivity contribution is 9.10. The van der Waals surface area contributed by atoms with Crippen molar-refractivity contribution in [1.29, 1.82) is 0 Å². The quantitative estimate of drug-likeness (QED) is 0.351. The largest absolute Gasteiger partial charge is 0.426 e. The standard InChI is InChI=1S/C25H23BrN2O5/c26-16-8-10-17(11-9-16)27-14-15(12-22(27)29)25(32)33-19-5-3-4-18(13-19)28-23(30)20-6-1-2-7-21(20)24(28)31/h3-5,8-11,13,15,20-21H,1-2,6-7,12,14H2/t15-,20+,21+/m0/s1. The SMILES string of the molecule is O=C(Oc1cccc(N2C(=O)[C@@H]3CCCC[C@H]3C2=O)c1)[C@H]1CC(=O)N(c2ccc(Br)cc2)C1. The molecule has 2 aromatic rings. The second-order valence-electron chi connectivity index (χ2n) is 8.81. The maximum atomic E-state index is 12.9. The maximum Gasteiger partial charge on any atom is 0.316 e. The first-order valence-corrected chi connectivity index (χ1v) is 12.0. The second kappa shape index (κ2) is 8.74. The van der Waals surface area contributed by atoms with Crippen LogP contribution in [-0.2, 0) is 19.2 Å².